The van der Waals surface area contributed by atoms with E-state index in [0.29, 0.717) is 5.52 Å². The molecule has 1 saturated heterocycles. The fraction of sp³-hybridized carbons (Fsp3) is 0.263. The van der Waals surface area contributed by atoms with E-state index in [2.05, 4.69) is 14.9 Å². The van der Waals surface area contributed by atoms with Crippen LogP contribution >= 0.6 is 0 Å². The van der Waals surface area contributed by atoms with Crippen LogP contribution in [0.3, 0.4) is 0 Å². The standard InChI is InChI=1S/C19H18FN3O/c1-13-10-18(16-5-2-6-17(20)19(16)22-13)23-9-7-15(12-23)24-14-4-3-8-21-11-14/h2-6,8,10-11,15H,7,9,12H2,1H3. The lowest BCUT2D eigenvalue weighted by atomic mass is 10.1. The van der Waals surface area contributed by atoms with Gasteiger partial charge in [0.25, 0.3) is 0 Å². The highest BCUT2D eigenvalue weighted by atomic mass is 19.1. The summed E-state index contributed by atoms with van der Waals surface area (Å²) in [5.41, 5.74) is 2.28. The van der Waals surface area contributed by atoms with Gasteiger partial charge in [-0.05, 0) is 31.2 Å². The van der Waals surface area contributed by atoms with Gasteiger partial charge in [0.1, 0.15) is 23.2 Å². The third-order valence-electron chi connectivity index (χ3n) is 4.32. The number of anilines is 1. The Morgan fingerprint density at radius 2 is 2.17 bits per heavy atom. The summed E-state index contributed by atoms with van der Waals surface area (Å²) in [5.74, 6) is 0.506. The van der Waals surface area contributed by atoms with Gasteiger partial charge in [-0.25, -0.2) is 9.37 Å². The maximum atomic E-state index is 14.1. The molecule has 4 rings (SSSR count). The zero-order chi connectivity index (χ0) is 16.5. The number of nitrogens with zero attached hydrogens (tertiary/aromatic N) is 3. The van der Waals surface area contributed by atoms with Crippen LogP contribution in [0.1, 0.15) is 12.1 Å². The molecule has 0 radical (unpaired) electrons. The van der Waals surface area contributed by atoms with Gasteiger partial charge >= 0.3 is 0 Å². The highest BCUT2D eigenvalue weighted by Gasteiger charge is 2.26. The van der Waals surface area contributed by atoms with Crippen LogP contribution in [0.4, 0.5) is 10.1 Å². The summed E-state index contributed by atoms with van der Waals surface area (Å²) >= 11 is 0. The van der Waals surface area contributed by atoms with Gasteiger partial charge in [-0.3, -0.25) is 4.98 Å². The Kier molecular flexibility index (Phi) is 3.76. The Hall–Kier alpha value is -2.69. The number of rotatable bonds is 3. The van der Waals surface area contributed by atoms with Gasteiger partial charge in [0.15, 0.2) is 0 Å². The van der Waals surface area contributed by atoms with Crippen molar-refractivity contribution in [2.75, 3.05) is 18.0 Å². The molecule has 0 bridgehead atoms. The summed E-state index contributed by atoms with van der Waals surface area (Å²) in [4.78, 5) is 10.7. The lowest BCUT2D eigenvalue weighted by Gasteiger charge is -2.21. The van der Waals surface area contributed by atoms with E-state index in [1.54, 1.807) is 18.5 Å². The van der Waals surface area contributed by atoms with Crippen molar-refractivity contribution in [3.63, 3.8) is 0 Å². The quantitative estimate of drug-likeness (QED) is 0.736. The summed E-state index contributed by atoms with van der Waals surface area (Å²) in [5, 5.41) is 0.850. The topological polar surface area (TPSA) is 38.2 Å². The van der Waals surface area contributed by atoms with Gasteiger partial charge in [0.05, 0.1) is 12.7 Å². The molecular formula is C19H18FN3O. The highest BCUT2D eigenvalue weighted by Crippen LogP contribution is 2.31. The van der Waals surface area contributed by atoms with Crippen molar-refractivity contribution in [2.24, 2.45) is 0 Å². The van der Waals surface area contributed by atoms with Crippen LogP contribution in [-0.2, 0) is 0 Å². The minimum absolute atomic E-state index is 0.103. The first-order chi connectivity index (χ1) is 11.7. The van der Waals surface area contributed by atoms with Gasteiger partial charge < -0.3 is 9.64 Å². The second-order valence-electron chi connectivity index (χ2n) is 6.08. The highest BCUT2D eigenvalue weighted by molar-refractivity contribution is 5.92. The maximum Gasteiger partial charge on any atom is 0.149 e. The van der Waals surface area contributed by atoms with Crippen LogP contribution in [0.2, 0.25) is 0 Å². The van der Waals surface area contributed by atoms with Crippen LogP contribution in [0.25, 0.3) is 10.9 Å². The van der Waals surface area contributed by atoms with Crippen LogP contribution in [0.5, 0.6) is 5.75 Å². The van der Waals surface area contributed by atoms with E-state index in [9.17, 15) is 4.39 Å². The summed E-state index contributed by atoms with van der Waals surface area (Å²) in [6.07, 6.45) is 4.48. The zero-order valence-corrected chi connectivity index (χ0v) is 13.4. The number of ether oxygens (including phenoxy) is 1. The minimum atomic E-state index is -0.278. The largest absolute Gasteiger partial charge is 0.487 e. The van der Waals surface area contributed by atoms with Gasteiger partial charge in [-0.1, -0.05) is 12.1 Å². The molecule has 0 N–H and O–H groups in total. The Labute approximate surface area is 139 Å². The van der Waals surface area contributed by atoms with E-state index in [0.717, 1.165) is 42.0 Å². The number of para-hydroxylation sites is 1. The Bertz CT molecular complexity index is 869. The van der Waals surface area contributed by atoms with Crippen molar-refractivity contribution in [3.05, 3.63) is 60.3 Å². The third kappa shape index (κ3) is 2.77. The summed E-state index contributed by atoms with van der Waals surface area (Å²) < 4.78 is 20.1. The van der Waals surface area contributed by atoms with Gasteiger partial charge in [0, 0.05) is 35.9 Å². The van der Waals surface area contributed by atoms with E-state index in [-0.39, 0.29) is 11.9 Å². The molecule has 4 nitrogen and oxygen atoms in total. The lowest BCUT2D eigenvalue weighted by molar-refractivity contribution is 0.224. The molecule has 24 heavy (non-hydrogen) atoms. The van der Waals surface area contributed by atoms with Gasteiger partial charge in [0.2, 0.25) is 0 Å². The van der Waals surface area contributed by atoms with E-state index in [4.69, 9.17) is 4.74 Å². The number of aryl methyl sites for hydroxylation is 1. The molecule has 1 fully saturated rings. The first kappa shape index (κ1) is 14.9. The first-order valence-corrected chi connectivity index (χ1v) is 8.08. The van der Waals surface area contributed by atoms with Crippen molar-refractivity contribution < 1.29 is 9.13 Å². The molecule has 2 aromatic heterocycles. The SMILES string of the molecule is Cc1cc(N2CCC(Oc3cccnc3)C2)c2cccc(F)c2n1. The van der Waals surface area contributed by atoms with Gasteiger partial charge in [-0.15, -0.1) is 0 Å². The second kappa shape index (κ2) is 6.07. The van der Waals surface area contributed by atoms with E-state index in [1.165, 1.54) is 6.07 Å². The molecular weight excluding hydrogens is 305 g/mol. The third-order valence-corrected chi connectivity index (χ3v) is 4.32. The molecule has 1 unspecified atom stereocenters. The van der Waals surface area contributed by atoms with Crippen molar-refractivity contribution in [2.45, 2.75) is 19.4 Å². The molecule has 3 heterocycles. The predicted octanol–water partition coefficient (Wildman–Crippen LogP) is 3.74. The van der Waals surface area contributed by atoms with E-state index in [1.807, 2.05) is 31.2 Å². The minimum Gasteiger partial charge on any atom is -0.487 e. The van der Waals surface area contributed by atoms with Crippen LogP contribution in [-0.4, -0.2) is 29.2 Å². The molecule has 0 amide bonds. The fourth-order valence-electron chi connectivity index (χ4n) is 3.23. The number of benzene rings is 1. The molecule has 122 valence electrons. The molecule has 1 aromatic carbocycles. The second-order valence-corrected chi connectivity index (χ2v) is 6.08. The Balaban J connectivity index is 1.61. The molecule has 1 aliphatic heterocycles. The number of fused-ring (bicyclic) bond motifs is 1. The number of hydrogen-bond donors (Lipinski definition) is 0. The molecule has 0 saturated carbocycles. The van der Waals surface area contributed by atoms with Crippen LogP contribution < -0.4 is 9.64 Å². The molecule has 5 heteroatoms. The van der Waals surface area contributed by atoms with Gasteiger partial charge in [-0.2, -0.15) is 0 Å². The number of hydrogen-bond acceptors (Lipinski definition) is 4. The van der Waals surface area contributed by atoms with Crippen molar-refractivity contribution in [1.29, 1.82) is 0 Å². The summed E-state index contributed by atoms with van der Waals surface area (Å²) in [6.45, 7) is 3.54. The van der Waals surface area contributed by atoms with Crippen LogP contribution in [0, 0.1) is 12.7 Å². The summed E-state index contributed by atoms with van der Waals surface area (Å²) in [7, 11) is 0. The smallest absolute Gasteiger partial charge is 0.149 e. The Morgan fingerprint density at radius 1 is 1.25 bits per heavy atom. The monoisotopic (exact) mass is 323 g/mol. The summed E-state index contributed by atoms with van der Waals surface area (Å²) in [6, 6.07) is 10.9. The number of aromatic nitrogens is 2. The fourth-order valence-corrected chi connectivity index (χ4v) is 3.23. The molecule has 1 aliphatic rings. The van der Waals surface area contributed by atoms with E-state index >= 15 is 0 Å². The van der Waals surface area contributed by atoms with E-state index < -0.39 is 0 Å². The average molecular weight is 323 g/mol. The Morgan fingerprint density at radius 3 is 3.00 bits per heavy atom. The number of pyridine rings is 2. The van der Waals surface area contributed by atoms with Crippen molar-refractivity contribution in [3.8, 4) is 5.75 Å². The molecule has 1 atom stereocenters. The van der Waals surface area contributed by atoms with Crippen molar-refractivity contribution in [1.82, 2.24) is 9.97 Å². The lowest BCUT2D eigenvalue weighted by Crippen LogP contribution is -2.25. The van der Waals surface area contributed by atoms with Crippen molar-refractivity contribution >= 4 is 16.6 Å². The first-order valence-electron chi connectivity index (χ1n) is 8.08. The number of halogens is 1. The molecule has 0 aliphatic carbocycles. The average Bonchev–Trinajstić information content (AvgIpc) is 3.04. The molecule has 0 spiro atoms. The normalized spacial score (nSPS) is 17.4. The molecule has 3 aromatic rings. The van der Waals surface area contributed by atoms with Crippen LogP contribution in [0.15, 0.2) is 48.8 Å². The zero-order valence-electron chi connectivity index (χ0n) is 13.4. The predicted molar refractivity (Wildman–Crippen MR) is 91.9 cm³/mol. The maximum absolute atomic E-state index is 14.1.